The number of halogens is 1. The molecule has 12 heavy (non-hydrogen) atoms. The number of methoxy groups -OCH3 is 1. The van der Waals surface area contributed by atoms with Gasteiger partial charge in [0.15, 0.2) is 0 Å². The fourth-order valence-corrected chi connectivity index (χ4v) is 1.33. The highest BCUT2D eigenvalue weighted by atomic mass is 35.5. The van der Waals surface area contributed by atoms with Crippen molar-refractivity contribution in [2.45, 2.75) is 13.0 Å². The average Bonchev–Trinajstić information content (AvgIpc) is 2.03. The lowest BCUT2D eigenvalue weighted by molar-refractivity contribution is 0.194. The van der Waals surface area contributed by atoms with Gasteiger partial charge in [-0.2, -0.15) is 0 Å². The standard InChI is InChI=1S/C9H11ClO2/c1-6(11)7-4-3-5-8(10)9(7)12-2/h3-6,11H,1-2H3. The third-order valence-electron chi connectivity index (χ3n) is 1.65. The van der Waals surface area contributed by atoms with Gasteiger partial charge in [0, 0.05) is 5.56 Å². The van der Waals surface area contributed by atoms with Gasteiger partial charge in [0.25, 0.3) is 0 Å². The molecule has 1 atom stereocenters. The van der Waals surface area contributed by atoms with Crippen LogP contribution in [-0.4, -0.2) is 12.2 Å². The third kappa shape index (κ3) is 1.71. The van der Waals surface area contributed by atoms with Crippen LogP contribution in [0.25, 0.3) is 0 Å². The van der Waals surface area contributed by atoms with Gasteiger partial charge in [-0.05, 0) is 13.0 Å². The molecule has 0 fully saturated rings. The van der Waals surface area contributed by atoms with E-state index in [-0.39, 0.29) is 0 Å². The van der Waals surface area contributed by atoms with Crippen molar-refractivity contribution in [1.29, 1.82) is 0 Å². The molecule has 2 nitrogen and oxygen atoms in total. The number of aliphatic hydroxyl groups is 1. The molecular weight excluding hydrogens is 176 g/mol. The van der Waals surface area contributed by atoms with Crippen molar-refractivity contribution in [3.8, 4) is 5.75 Å². The molecule has 0 saturated carbocycles. The summed E-state index contributed by atoms with van der Waals surface area (Å²) in [7, 11) is 1.53. The number of hydrogen-bond donors (Lipinski definition) is 1. The van der Waals surface area contributed by atoms with E-state index in [0.717, 1.165) is 0 Å². The zero-order valence-electron chi connectivity index (χ0n) is 7.04. The largest absolute Gasteiger partial charge is 0.495 e. The highest BCUT2D eigenvalue weighted by Gasteiger charge is 2.10. The smallest absolute Gasteiger partial charge is 0.143 e. The van der Waals surface area contributed by atoms with Crippen LogP contribution < -0.4 is 4.74 Å². The summed E-state index contributed by atoms with van der Waals surface area (Å²) in [6.45, 7) is 1.67. The van der Waals surface area contributed by atoms with E-state index in [4.69, 9.17) is 16.3 Å². The zero-order valence-corrected chi connectivity index (χ0v) is 7.80. The van der Waals surface area contributed by atoms with Crippen LogP contribution in [-0.2, 0) is 0 Å². The fourth-order valence-electron chi connectivity index (χ4n) is 1.07. The van der Waals surface area contributed by atoms with Crippen LogP contribution in [0.2, 0.25) is 5.02 Å². The van der Waals surface area contributed by atoms with Gasteiger partial charge < -0.3 is 9.84 Å². The van der Waals surface area contributed by atoms with Gasteiger partial charge in [0.2, 0.25) is 0 Å². The molecule has 1 aromatic rings. The van der Waals surface area contributed by atoms with Crippen LogP contribution in [0.15, 0.2) is 18.2 Å². The monoisotopic (exact) mass is 186 g/mol. The van der Waals surface area contributed by atoms with E-state index < -0.39 is 6.10 Å². The van der Waals surface area contributed by atoms with Crippen molar-refractivity contribution in [2.24, 2.45) is 0 Å². The second kappa shape index (κ2) is 3.78. The Hall–Kier alpha value is -0.730. The quantitative estimate of drug-likeness (QED) is 0.769. The summed E-state index contributed by atoms with van der Waals surface area (Å²) >= 11 is 5.84. The third-order valence-corrected chi connectivity index (χ3v) is 1.95. The Labute approximate surface area is 76.7 Å². The number of rotatable bonds is 2. The van der Waals surface area contributed by atoms with Gasteiger partial charge >= 0.3 is 0 Å². The summed E-state index contributed by atoms with van der Waals surface area (Å²) in [5.41, 5.74) is 0.713. The maximum absolute atomic E-state index is 9.32. The van der Waals surface area contributed by atoms with E-state index >= 15 is 0 Å². The molecule has 0 aliphatic heterocycles. The molecule has 0 heterocycles. The second-order valence-corrected chi connectivity index (χ2v) is 2.95. The van der Waals surface area contributed by atoms with E-state index in [0.29, 0.717) is 16.3 Å². The van der Waals surface area contributed by atoms with Gasteiger partial charge in [-0.15, -0.1) is 0 Å². The van der Waals surface area contributed by atoms with E-state index in [9.17, 15) is 5.11 Å². The predicted octanol–water partition coefficient (Wildman–Crippen LogP) is 2.40. The molecule has 0 amide bonds. The van der Waals surface area contributed by atoms with Gasteiger partial charge in [-0.25, -0.2) is 0 Å². The Kier molecular flexibility index (Phi) is 2.95. The number of para-hydroxylation sites is 1. The van der Waals surface area contributed by atoms with Crippen LogP contribution >= 0.6 is 11.6 Å². The fraction of sp³-hybridized carbons (Fsp3) is 0.333. The molecular formula is C9H11ClO2. The van der Waals surface area contributed by atoms with Crippen molar-refractivity contribution in [1.82, 2.24) is 0 Å². The van der Waals surface area contributed by atoms with Crippen molar-refractivity contribution < 1.29 is 9.84 Å². The molecule has 0 radical (unpaired) electrons. The topological polar surface area (TPSA) is 29.5 Å². The number of aliphatic hydroxyl groups excluding tert-OH is 1. The van der Waals surface area contributed by atoms with Crippen LogP contribution in [0.5, 0.6) is 5.75 Å². The van der Waals surface area contributed by atoms with Crippen LogP contribution in [0.1, 0.15) is 18.6 Å². The molecule has 0 aliphatic carbocycles. The first-order valence-electron chi connectivity index (χ1n) is 3.67. The Bertz CT molecular complexity index is 271. The van der Waals surface area contributed by atoms with Gasteiger partial charge in [-0.1, -0.05) is 23.7 Å². The lowest BCUT2D eigenvalue weighted by Crippen LogP contribution is -1.96. The average molecular weight is 187 g/mol. The summed E-state index contributed by atoms with van der Waals surface area (Å²) in [6, 6.07) is 5.30. The highest BCUT2D eigenvalue weighted by molar-refractivity contribution is 6.32. The van der Waals surface area contributed by atoms with Crippen LogP contribution in [0, 0.1) is 0 Å². The summed E-state index contributed by atoms with van der Waals surface area (Å²) in [4.78, 5) is 0. The molecule has 0 bridgehead atoms. The predicted molar refractivity (Wildman–Crippen MR) is 48.6 cm³/mol. The SMILES string of the molecule is COc1c(Cl)cccc1C(C)O. The van der Waals surface area contributed by atoms with E-state index in [1.165, 1.54) is 7.11 Å². The molecule has 66 valence electrons. The van der Waals surface area contributed by atoms with Crippen molar-refractivity contribution in [2.75, 3.05) is 7.11 Å². The van der Waals surface area contributed by atoms with Crippen molar-refractivity contribution in [3.63, 3.8) is 0 Å². The Morgan fingerprint density at radius 1 is 1.50 bits per heavy atom. The highest BCUT2D eigenvalue weighted by Crippen LogP contribution is 2.31. The first kappa shape index (κ1) is 9.36. The first-order chi connectivity index (χ1) is 5.66. The number of hydrogen-bond acceptors (Lipinski definition) is 2. The zero-order chi connectivity index (χ0) is 9.14. The minimum absolute atomic E-state index is 0.524. The number of ether oxygens (including phenoxy) is 1. The van der Waals surface area contributed by atoms with Gasteiger partial charge in [0.05, 0.1) is 18.2 Å². The molecule has 0 aromatic heterocycles. The Morgan fingerprint density at radius 3 is 2.58 bits per heavy atom. The lowest BCUT2D eigenvalue weighted by atomic mass is 10.1. The normalized spacial score (nSPS) is 12.7. The summed E-state index contributed by atoms with van der Waals surface area (Å²) < 4.78 is 5.05. The maximum atomic E-state index is 9.32. The molecule has 1 N–H and O–H groups in total. The minimum atomic E-state index is -0.557. The molecule has 1 rings (SSSR count). The second-order valence-electron chi connectivity index (χ2n) is 2.54. The summed E-state index contributed by atoms with van der Waals surface area (Å²) in [5, 5.41) is 9.85. The maximum Gasteiger partial charge on any atom is 0.143 e. The molecule has 0 spiro atoms. The Morgan fingerprint density at radius 2 is 2.17 bits per heavy atom. The first-order valence-corrected chi connectivity index (χ1v) is 4.05. The summed E-state index contributed by atoms with van der Waals surface area (Å²) in [6.07, 6.45) is -0.557. The van der Waals surface area contributed by atoms with Crippen molar-refractivity contribution in [3.05, 3.63) is 28.8 Å². The lowest BCUT2D eigenvalue weighted by Gasteiger charge is -2.11. The Balaban J connectivity index is 3.18. The van der Waals surface area contributed by atoms with Crippen molar-refractivity contribution >= 4 is 11.6 Å². The molecule has 0 saturated heterocycles. The molecule has 1 unspecified atom stereocenters. The number of benzene rings is 1. The van der Waals surface area contributed by atoms with Crippen LogP contribution in [0.3, 0.4) is 0 Å². The molecule has 3 heteroatoms. The van der Waals surface area contributed by atoms with Gasteiger partial charge in [-0.3, -0.25) is 0 Å². The summed E-state index contributed by atoms with van der Waals surface area (Å²) in [5.74, 6) is 0.550. The molecule has 1 aromatic carbocycles. The van der Waals surface area contributed by atoms with E-state index in [2.05, 4.69) is 0 Å². The minimum Gasteiger partial charge on any atom is -0.495 e. The molecule has 0 aliphatic rings. The van der Waals surface area contributed by atoms with E-state index in [1.54, 1.807) is 25.1 Å². The van der Waals surface area contributed by atoms with Crippen LogP contribution in [0.4, 0.5) is 0 Å². The van der Waals surface area contributed by atoms with Gasteiger partial charge in [0.1, 0.15) is 5.75 Å². The van der Waals surface area contributed by atoms with E-state index in [1.807, 2.05) is 0 Å².